The molecular weight excluding hydrogens is 240 g/mol. The largest absolute Gasteiger partial charge is 0.299 e. The fraction of sp³-hybridized carbons (Fsp3) is 0.533. The molecule has 0 amide bonds. The summed E-state index contributed by atoms with van der Waals surface area (Å²) in [6.45, 7) is 4.27. The Balaban J connectivity index is 1.78. The minimum Gasteiger partial charge on any atom is -0.299 e. The Morgan fingerprint density at radius 2 is 2.22 bits per heavy atom. The van der Waals surface area contributed by atoms with Gasteiger partial charge in [-0.05, 0) is 44.7 Å². The number of nitrogens with one attached hydrogen (secondary N) is 1. The molecule has 0 spiro atoms. The molecule has 0 saturated heterocycles. The molecule has 1 atom stereocenters. The minimum absolute atomic E-state index is 0.0238. The van der Waals surface area contributed by atoms with Gasteiger partial charge in [-0.3, -0.25) is 5.32 Å². The van der Waals surface area contributed by atoms with Crippen molar-refractivity contribution < 1.29 is 0 Å². The predicted octanol–water partition coefficient (Wildman–Crippen LogP) is 3.43. The standard InChI is InChI=1S/C15H20N2S/c1-11-3-6-15(12(2)9-11)18-8-7-14(10-16)17-13-4-5-13/h3,6,9,13-14,17H,4-5,7-8H2,1-2H3. The Bertz CT molecular complexity index is 446. The summed E-state index contributed by atoms with van der Waals surface area (Å²) in [6, 6.07) is 9.55. The number of aryl methyl sites for hydroxylation is 2. The molecule has 2 nitrogen and oxygen atoms in total. The second-order valence-corrected chi connectivity index (χ2v) is 6.17. The number of rotatable bonds is 6. The molecular formula is C15H20N2S. The molecule has 0 radical (unpaired) electrons. The summed E-state index contributed by atoms with van der Waals surface area (Å²) in [4.78, 5) is 1.34. The molecule has 1 fully saturated rings. The van der Waals surface area contributed by atoms with E-state index < -0.39 is 0 Å². The van der Waals surface area contributed by atoms with Crippen molar-refractivity contribution >= 4 is 11.8 Å². The average molecular weight is 260 g/mol. The van der Waals surface area contributed by atoms with Crippen molar-refractivity contribution in [2.45, 2.75) is 50.1 Å². The maximum absolute atomic E-state index is 9.07. The highest BCUT2D eigenvalue weighted by Gasteiger charge is 2.24. The third kappa shape index (κ3) is 4.04. The molecule has 96 valence electrons. The highest BCUT2D eigenvalue weighted by molar-refractivity contribution is 7.99. The quantitative estimate of drug-likeness (QED) is 0.796. The Kier molecular flexibility index (Phi) is 4.68. The van der Waals surface area contributed by atoms with Crippen molar-refractivity contribution in [2.75, 3.05) is 5.75 Å². The molecule has 1 saturated carbocycles. The summed E-state index contributed by atoms with van der Waals surface area (Å²) >= 11 is 1.86. The number of nitrogens with zero attached hydrogens (tertiary/aromatic N) is 1. The monoisotopic (exact) mass is 260 g/mol. The Morgan fingerprint density at radius 3 is 2.83 bits per heavy atom. The molecule has 1 aliphatic rings. The van der Waals surface area contributed by atoms with Crippen molar-refractivity contribution in [1.82, 2.24) is 5.32 Å². The normalized spacial score (nSPS) is 16.3. The Labute approximate surface area is 114 Å². The lowest BCUT2D eigenvalue weighted by atomic mass is 10.2. The highest BCUT2D eigenvalue weighted by atomic mass is 32.2. The summed E-state index contributed by atoms with van der Waals surface area (Å²) in [5, 5.41) is 12.4. The third-order valence-corrected chi connectivity index (χ3v) is 4.37. The second kappa shape index (κ2) is 6.26. The van der Waals surface area contributed by atoms with Crippen LogP contribution < -0.4 is 5.32 Å². The van der Waals surface area contributed by atoms with E-state index in [2.05, 4.69) is 43.4 Å². The van der Waals surface area contributed by atoms with Gasteiger partial charge in [0.25, 0.3) is 0 Å². The Morgan fingerprint density at radius 1 is 1.44 bits per heavy atom. The van der Waals surface area contributed by atoms with E-state index in [1.807, 2.05) is 11.8 Å². The summed E-state index contributed by atoms with van der Waals surface area (Å²) in [7, 11) is 0. The Hall–Kier alpha value is -0.980. The first-order valence-corrected chi connectivity index (χ1v) is 7.53. The number of nitriles is 1. The van der Waals surface area contributed by atoms with Crippen LogP contribution in [0.4, 0.5) is 0 Å². The van der Waals surface area contributed by atoms with Gasteiger partial charge in [0.2, 0.25) is 0 Å². The summed E-state index contributed by atoms with van der Waals surface area (Å²) in [6.07, 6.45) is 3.40. The number of hydrogen-bond acceptors (Lipinski definition) is 3. The molecule has 0 bridgehead atoms. The van der Waals surface area contributed by atoms with Crippen molar-refractivity contribution in [3.8, 4) is 6.07 Å². The van der Waals surface area contributed by atoms with Crippen LogP contribution in [0, 0.1) is 25.2 Å². The van der Waals surface area contributed by atoms with Crippen LogP contribution in [0.25, 0.3) is 0 Å². The molecule has 1 aromatic carbocycles. The maximum atomic E-state index is 9.07. The van der Waals surface area contributed by atoms with Crippen molar-refractivity contribution in [3.63, 3.8) is 0 Å². The van der Waals surface area contributed by atoms with E-state index in [1.165, 1.54) is 28.9 Å². The van der Waals surface area contributed by atoms with Gasteiger partial charge in [0, 0.05) is 16.7 Å². The van der Waals surface area contributed by atoms with Crippen LogP contribution in [0.5, 0.6) is 0 Å². The van der Waals surface area contributed by atoms with Gasteiger partial charge in [0.1, 0.15) is 0 Å². The van der Waals surface area contributed by atoms with Gasteiger partial charge in [-0.25, -0.2) is 0 Å². The lowest BCUT2D eigenvalue weighted by Crippen LogP contribution is -2.29. The van der Waals surface area contributed by atoms with Crippen molar-refractivity contribution in [2.24, 2.45) is 0 Å². The second-order valence-electron chi connectivity index (χ2n) is 5.03. The van der Waals surface area contributed by atoms with Crippen LogP contribution in [0.1, 0.15) is 30.4 Å². The van der Waals surface area contributed by atoms with E-state index in [9.17, 15) is 0 Å². The van der Waals surface area contributed by atoms with Crippen LogP contribution in [0.15, 0.2) is 23.1 Å². The van der Waals surface area contributed by atoms with E-state index in [-0.39, 0.29) is 6.04 Å². The summed E-state index contributed by atoms with van der Waals surface area (Å²) in [5.41, 5.74) is 2.64. The molecule has 1 unspecified atom stereocenters. The molecule has 3 heteroatoms. The first kappa shape index (κ1) is 13.5. The van der Waals surface area contributed by atoms with E-state index in [1.54, 1.807) is 0 Å². The molecule has 2 rings (SSSR count). The fourth-order valence-corrected chi connectivity index (χ4v) is 2.99. The smallest absolute Gasteiger partial charge is 0.0963 e. The molecule has 1 aliphatic carbocycles. The van der Waals surface area contributed by atoms with Gasteiger partial charge in [-0.1, -0.05) is 17.7 Å². The minimum atomic E-state index is 0.0238. The SMILES string of the molecule is Cc1ccc(SCCC(C#N)NC2CC2)c(C)c1. The van der Waals surface area contributed by atoms with Gasteiger partial charge in [-0.2, -0.15) is 5.26 Å². The van der Waals surface area contributed by atoms with E-state index in [0.717, 1.165) is 12.2 Å². The van der Waals surface area contributed by atoms with Crippen LogP contribution >= 0.6 is 11.8 Å². The first-order chi connectivity index (χ1) is 8.69. The summed E-state index contributed by atoms with van der Waals surface area (Å²) < 4.78 is 0. The van der Waals surface area contributed by atoms with Gasteiger partial charge in [0.15, 0.2) is 0 Å². The van der Waals surface area contributed by atoms with Gasteiger partial charge in [0.05, 0.1) is 12.1 Å². The number of thioether (sulfide) groups is 1. The van der Waals surface area contributed by atoms with Crippen molar-refractivity contribution in [1.29, 1.82) is 5.26 Å². The zero-order valence-electron chi connectivity index (χ0n) is 11.1. The zero-order valence-corrected chi connectivity index (χ0v) is 11.9. The van der Waals surface area contributed by atoms with Crippen LogP contribution in [-0.2, 0) is 0 Å². The molecule has 18 heavy (non-hydrogen) atoms. The average Bonchev–Trinajstić information content (AvgIpc) is 3.14. The summed E-state index contributed by atoms with van der Waals surface area (Å²) in [5.74, 6) is 1.00. The van der Waals surface area contributed by atoms with E-state index in [4.69, 9.17) is 5.26 Å². The van der Waals surface area contributed by atoms with E-state index >= 15 is 0 Å². The van der Waals surface area contributed by atoms with Gasteiger partial charge in [-0.15, -0.1) is 11.8 Å². The molecule has 0 aromatic heterocycles. The molecule has 1 N–H and O–H groups in total. The number of benzene rings is 1. The van der Waals surface area contributed by atoms with Gasteiger partial charge < -0.3 is 0 Å². The zero-order chi connectivity index (χ0) is 13.0. The molecule has 0 aliphatic heterocycles. The lowest BCUT2D eigenvalue weighted by Gasteiger charge is -2.11. The first-order valence-electron chi connectivity index (χ1n) is 6.55. The van der Waals surface area contributed by atoms with Crippen LogP contribution in [0.3, 0.4) is 0 Å². The lowest BCUT2D eigenvalue weighted by molar-refractivity contribution is 0.587. The van der Waals surface area contributed by atoms with Crippen LogP contribution in [0.2, 0.25) is 0 Å². The predicted molar refractivity (Wildman–Crippen MR) is 76.8 cm³/mol. The van der Waals surface area contributed by atoms with E-state index in [0.29, 0.717) is 6.04 Å². The molecule has 1 aromatic rings. The highest BCUT2D eigenvalue weighted by Crippen LogP contribution is 2.25. The number of hydrogen-bond donors (Lipinski definition) is 1. The van der Waals surface area contributed by atoms with Crippen molar-refractivity contribution in [3.05, 3.63) is 29.3 Å². The van der Waals surface area contributed by atoms with Gasteiger partial charge >= 0.3 is 0 Å². The fourth-order valence-electron chi connectivity index (χ4n) is 1.97. The third-order valence-electron chi connectivity index (χ3n) is 3.16. The molecule has 0 heterocycles. The topological polar surface area (TPSA) is 35.8 Å². The van der Waals surface area contributed by atoms with Crippen LogP contribution in [-0.4, -0.2) is 17.8 Å². The maximum Gasteiger partial charge on any atom is 0.0963 e.